The van der Waals surface area contributed by atoms with E-state index in [2.05, 4.69) is 5.32 Å². The van der Waals surface area contributed by atoms with Crippen molar-refractivity contribution in [3.8, 4) is 0 Å². The summed E-state index contributed by atoms with van der Waals surface area (Å²) in [6.45, 7) is 2.23. The topological polar surface area (TPSA) is 41.5 Å². The van der Waals surface area contributed by atoms with Gasteiger partial charge in [-0.25, -0.2) is 0 Å². The maximum absolute atomic E-state index is 8.78. The third-order valence-corrected chi connectivity index (χ3v) is 2.41. The first-order chi connectivity index (χ1) is 4.90. The number of hydrogen-bond acceptors (Lipinski definition) is 3. The fourth-order valence-electron chi connectivity index (χ4n) is 1.86. The van der Waals surface area contributed by atoms with E-state index in [4.69, 9.17) is 9.84 Å². The molecule has 2 saturated heterocycles. The number of nitrogens with one attached hydrogen (secondary N) is 1. The lowest BCUT2D eigenvalue weighted by atomic mass is 10.0. The monoisotopic (exact) mass is 143 g/mol. The summed E-state index contributed by atoms with van der Waals surface area (Å²) in [5, 5.41) is 12.0. The second-order valence-corrected chi connectivity index (χ2v) is 3.13. The third kappa shape index (κ3) is 0.944. The Kier molecular flexibility index (Phi) is 1.64. The molecule has 2 N–H and O–H groups in total. The Hall–Kier alpha value is -0.120. The summed E-state index contributed by atoms with van der Waals surface area (Å²) in [6, 6.07) is 0. The molecule has 3 atom stereocenters. The quantitative estimate of drug-likeness (QED) is 0.513. The second-order valence-electron chi connectivity index (χ2n) is 3.13. The Morgan fingerprint density at radius 2 is 2.40 bits per heavy atom. The van der Waals surface area contributed by atoms with Gasteiger partial charge in [0.15, 0.2) is 0 Å². The van der Waals surface area contributed by atoms with Crippen LogP contribution >= 0.6 is 0 Å². The lowest BCUT2D eigenvalue weighted by Crippen LogP contribution is -2.20. The minimum Gasteiger partial charge on any atom is -0.394 e. The van der Waals surface area contributed by atoms with Crippen molar-refractivity contribution in [2.75, 3.05) is 19.7 Å². The number of aliphatic hydroxyl groups is 1. The highest BCUT2D eigenvalue weighted by Crippen LogP contribution is 2.28. The van der Waals surface area contributed by atoms with Crippen LogP contribution in [0.1, 0.15) is 6.42 Å². The molecule has 0 radical (unpaired) electrons. The molecule has 0 bridgehead atoms. The smallest absolute Gasteiger partial charge is 0.0814 e. The Morgan fingerprint density at radius 3 is 3.10 bits per heavy atom. The van der Waals surface area contributed by atoms with E-state index in [1.807, 2.05) is 0 Å². The number of hydrogen-bond donors (Lipinski definition) is 2. The standard InChI is InChI=1S/C7H13NO2/c9-4-6-1-5-2-8-3-7(5)10-6/h5-9H,1-4H2/t5-,6?,7+/m0/s1. The first-order valence-electron chi connectivity index (χ1n) is 3.87. The van der Waals surface area contributed by atoms with Crippen LogP contribution in [0.5, 0.6) is 0 Å². The molecule has 0 spiro atoms. The molecule has 0 aromatic carbocycles. The molecule has 0 aliphatic carbocycles. The molecule has 2 fully saturated rings. The van der Waals surface area contributed by atoms with E-state index < -0.39 is 0 Å². The second kappa shape index (κ2) is 2.49. The van der Waals surface area contributed by atoms with E-state index in [1.54, 1.807) is 0 Å². The van der Waals surface area contributed by atoms with E-state index in [0.717, 1.165) is 19.5 Å². The van der Waals surface area contributed by atoms with Crippen LogP contribution in [0.15, 0.2) is 0 Å². The number of aliphatic hydroxyl groups excluding tert-OH is 1. The fourth-order valence-corrected chi connectivity index (χ4v) is 1.86. The van der Waals surface area contributed by atoms with Gasteiger partial charge in [0.25, 0.3) is 0 Å². The van der Waals surface area contributed by atoms with Crippen molar-refractivity contribution in [2.24, 2.45) is 5.92 Å². The molecule has 2 aliphatic rings. The van der Waals surface area contributed by atoms with Crippen LogP contribution in [0.4, 0.5) is 0 Å². The van der Waals surface area contributed by atoms with Gasteiger partial charge in [-0.3, -0.25) is 0 Å². The first-order valence-corrected chi connectivity index (χ1v) is 3.87. The van der Waals surface area contributed by atoms with Crippen LogP contribution < -0.4 is 5.32 Å². The molecule has 3 heteroatoms. The lowest BCUT2D eigenvalue weighted by molar-refractivity contribution is 0.0145. The average molecular weight is 143 g/mol. The molecule has 1 unspecified atom stereocenters. The van der Waals surface area contributed by atoms with Crippen molar-refractivity contribution in [2.45, 2.75) is 18.6 Å². The Labute approximate surface area is 60.4 Å². The summed E-state index contributed by atoms with van der Waals surface area (Å²) in [4.78, 5) is 0. The predicted octanol–water partition coefficient (Wildman–Crippen LogP) is -0.644. The Balaban J connectivity index is 1.94. The SMILES string of the molecule is OCC1C[C@H]2CNC[C@H]2O1. The third-order valence-electron chi connectivity index (χ3n) is 2.41. The van der Waals surface area contributed by atoms with Crippen LogP contribution in [-0.4, -0.2) is 37.0 Å². The van der Waals surface area contributed by atoms with Crippen LogP contribution in [0.25, 0.3) is 0 Å². The summed E-state index contributed by atoms with van der Waals surface area (Å²) in [5.74, 6) is 0.664. The molecule has 0 aromatic heterocycles. The average Bonchev–Trinajstić information content (AvgIpc) is 2.42. The van der Waals surface area contributed by atoms with Gasteiger partial charge in [-0.05, 0) is 6.42 Å². The van der Waals surface area contributed by atoms with Crippen LogP contribution in [0.2, 0.25) is 0 Å². The summed E-state index contributed by atoms with van der Waals surface area (Å²) in [7, 11) is 0. The van der Waals surface area contributed by atoms with E-state index >= 15 is 0 Å². The largest absolute Gasteiger partial charge is 0.394 e. The first kappa shape index (κ1) is 6.58. The van der Waals surface area contributed by atoms with Gasteiger partial charge in [0, 0.05) is 19.0 Å². The highest BCUT2D eigenvalue weighted by molar-refractivity contribution is 4.89. The van der Waals surface area contributed by atoms with E-state index in [0.29, 0.717) is 12.0 Å². The summed E-state index contributed by atoms with van der Waals surface area (Å²) < 4.78 is 5.52. The van der Waals surface area contributed by atoms with Gasteiger partial charge in [0.05, 0.1) is 18.8 Å². The molecule has 10 heavy (non-hydrogen) atoms. The van der Waals surface area contributed by atoms with Crippen molar-refractivity contribution >= 4 is 0 Å². The van der Waals surface area contributed by atoms with Gasteiger partial charge in [-0.1, -0.05) is 0 Å². The zero-order valence-corrected chi connectivity index (χ0v) is 5.92. The van der Waals surface area contributed by atoms with Crippen LogP contribution in [0.3, 0.4) is 0 Å². The molecule has 2 heterocycles. The molecule has 2 rings (SSSR count). The van der Waals surface area contributed by atoms with E-state index in [1.165, 1.54) is 0 Å². The molecule has 0 aromatic rings. The van der Waals surface area contributed by atoms with Gasteiger partial charge in [0.2, 0.25) is 0 Å². The Bertz CT molecular complexity index is 117. The zero-order chi connectivity index (χ0) is 6.97. The van der Waals surface area contributed by atoms with Crippen molar-refractivity contribution in [3.05, 3.63) is 0 Å². The fraction of sp³-hybridized carbons (Fsp3) is 1.00. The van der Waals surface area contributed by atoms with Crippen LogP contribution in [0, 0.1) is 5.92 Å². The van der Waals surface area contributed by atoms with E-state index in [-0.39, 0.29) is 12.7 Å². The van der Waals surface area contributed by atoms with Crippen molar-refractivity contribution in [3.63, 3.8) is 0 Å². The summed E-state index contributed by atoms with van der Waals surface area (Å²) in [5.41, 5.74) is 0. The molecule has 3 nitrogen and oxygen atoms in total. The summed E-state index contributed by atoms with van der Waals surface area (Å²) in [6.07, 6.45) is 1.54. The molecule has 0 amide bonds. The van der Waals surface area contributed by atoms with Gasteiger partial charge >= 0.3 is 0 Å². The van der Waals surface area contributed by atoms with Crippen molar-refractivity contribution in [1.82, 2.24) is 5.32 Å². The maximum atomic E-state index is 8.78. The molecular weight excluding hydrogens is 130 g/mol. The number of rotatable bonds is 1. The number of ether oxygens (including phenoxy) is 1. The molecular formula is C7H13NO2. The molecule has 0 saturated carbocycles. The molecule has 2 aliphatic heterocycles. The highest BCUT2D eigenvalue weighted by atomic mass is 16.5. The summed E-state index contributed by atoms with van der Waals surface area (Å²) >= 11 is 0. The minimum absolute atomic E-state index is 0.122. The number of fused-ring (bicyclic) bond motifs is 1. The van der Waals surface area contributed by atoms with Crippen LogP contribution in [-0.2, 0) is 4.74 Å². The normalized spacial score (nSPS) is 45.9. The van der Waals surface area contributed by atoms with Gasteiger partial charge in [-0.2, -0.15) is 0 Å². The maximum Gasteiger partial charge on any atom is 0.0814 e. The van der Waals surface area contributed by atoms with Gasteiger partial charge in [-0.15, -0.1) is 0 Å². The Morgan fingerprint density at radius 1 is 1.50 bits per heavy atom. The van der Waals surface area contributed by atoms with Gasteiger partial charge in [0.1, 0.15) is 0 Å². The van der Waals surface area contributed by atoms with E-state index in [9.17, 15) is 0 Å². The van der Waals surface area contributed by atoms with Gasteiger partial charge < -0.3 is 15.2 Å². The lowest BCUT2D eigenvalue weighted by Gasteiger charge is -2.07. The highest BCUT2D eigenvalue weighted by Gasteiger charge is 2.37. The molecule has 58 valence electrons. The van der Waals surface area contributed by atoms with Crippen molar-refractivity contribution in [1.29, 1.82) is 0 Å². The van der Waals surface area contributed by atoms with Crippen molar-refractivity contribution < 1.29 is 9.84 Å². The zero-order valence-electron chi connectivity index (χ0n) is 5.92. The minimum atomic E-state index is 0.122. The predicted molar refractivity (Wildman–Crippen MR) is 36.7 cm³/mol.